The summed E-state index contributed by atoms with van der Waals surface area (Å²) in [7, 11) is 0. The number of fused-ring (bicyclic) bond motifs is 1. The van der Waals surface area contributed by atoms with Gasteiger partial charge in [0.15, 0.2) is 0 Å². The summed E-state index contributed by atoms with van der Waals surface area (Å²) in [5.74, 6) is -0.000966. The summed E-state index contributed by atoms with van der Waals surface area (Å²) in [6, 6.07) is 4.05. The minimum Gasteiger partial charge on any atom is -0.508 e. The molecule has 0 unspecified atom stereocenters. The lowest BCUT2D eigenvalue weighted by molar-refractivity contribution is -0.147. The zero-order valence-electron chi connectivity index (χ0n) is 11.1. The normalized spacial score (nSPS) is 22.1. The van der Waals surface area contributed by atoms with E-state index in [0.717, 1.165) is 0 Å². The molecule has 0 saturated heterocycles. The SMILES string of the molecule is CC(C)COC(=O)[C@H]1NC[C@@H](O)c2cc(O)ccc21. The maximum Gasteiger partial charge on any atom is 0.327 e. The first-order valence-electron chi connectivity index (χ1n) is 6.40. The second-order valence-corrected chi connectivity index (χ2v) is 5.19. The highest BCUT2D eigenvalue weighted by Crippen LogP contribution is 2.32. The van der Waals surface area contributed by atoms with Crippen LogP contribution in [0.4, 0.5) is 0 Å². The van der Waals surface area contributed by atoms with Crippen LogP contribution in [0, 0.1) is 5.92 Å². The number of esters is 1. The Morgan fingerprint density at radius 2 is 2.21 bits per heavy atom. The van der Waals surface area contributed by atoms with Crippen molar-refractivity contribution in [3.63, 3.8) is 0 Å². The Hall–Kier alpha value is -1.59. The number of ether oxygens (including phenoxy) is 1. The Morgan fingerprint density at radius 3 is 2.89 bits per heavy atom. The van der Waals surface area contributed by atoms with Gasteiger partial charge in [-0.15, -0.1) is 0 Å². The quantitative estimate of drug-likeness (QED) is 0.717. The fraction of sp³-hybridized carbons (Fsp3) is 0.500. The molecule has 1 aliphatic heterocycles. The van der Waals surface area contributed by atoms with Crippen molar-refractivity contribution in [1.29, 1.82) is 0 Å². The van der Waals surface area contributed by atoms with E-state index in [-0.39, 0.29) is 24.2 Å². The lowest BCUT2D eigenvalue weighted by Gasteiger charge is -2.29. The number of rotatable bonds is 3. The van der Waals surface area contributed by atoms with E-state index in [2.05, 4.69) is 5.32 Å². The third-order valence-electron chi connectivity index (χ3n) is 3.05. The molecule has 104 valence electrons. The maximum atomic E-state index is 12.0. The number of carbonyl (C=O) groups excluding carboxylic acids is 1. The van der Waals surface area contributed by atoms with Gasteiger partial charge in [-0.05, 0) is 29.2 Å². The van der Waals surface area contributed by atoms with Gasteiger partial charge in [-0.2, -0.15) is 0 Å². The second-order valence-electron chi connectivity index (χ2n) is 5.19. The van der Waals surface area contributed by atoms with E-state index in [9.17, 15) is 15.0 Å². The van der Waals surface area contributed by atoms with Crippen molar-refractivity contribution in [3.05, 3.63) is 29.3 Å². The number of hydrogen-bond donors (Lipinski definition) is 3. The second kappa shape index (κ2) is 5.59. The highest BCUT2D eigenvalue weighted by atomic mass is 16.5. The number of phenols is 1. The fourth-order valence-electron chi connectivity index (χ4n) is 2.11. The summed E-state index contributed by atoms with van der Waals surface area (Å²) in [5.41, 5.74) is 1.23. The number of benzene rings is 1. The van der Waals surface area contributed by atoms with E-state index in [0.29, 0.717) is 17.7 Å². The Kier molecular flexibility index (Phi) is 4.07. The number of nitrogens with one attached hydrogen (secondary N) is 1. The Bertz CT molecular complexity index is 473. The van der Waals surface area contributed by atoms with E-state index in [1.54, 1.807) is 6.07 Å². The predicted molar refractivity (Wildman–Crippen MR) is 69.6 cm³/mol. The third kappa shape index (κ3) is 3.05. The molecule has 0 aromatic heterocycles. The first kappa shape index (κ1) is 13.8. The predicted octanol–water partition coefficient (Wildman–Crippen LogP) is 1.27. The van der Waals surface area contributed by atoms with Crippen LogP contribution in [0.25, 0.3) is 0 Å². The van der Waals surface area contributed by atoms with Crippen molar-refractivity contribution in [2.45, 2.75) is 26.0 Å². The summed E-state index contributed by atoms with van der Waals surface area (Å²) in [6.45, 7) is 4.57. The highest BCUT2D eigenvalue weighted by Gasteiger charge is 2.31. The molecule has 19 heavy (non-hydrogen) atoms. The van der Waals surface area contributed by atoms with Crippen LogP contribution in [-0.4, -0.2) is 29.3 Å². The van der Waals surface area contributed by atoms with Gasteiger partial charge >= 0.3 is 5.97 Å². The molecule has 1 aromatic carbocycles. The molecule has 0 amide bonds. The van der Waals surface area contributed by atoms with Gasteiger partial charge in [0.2, 0.25) is 0 Å². The van der Waals surface area contributed by atoms with Gasteiger partial charge in [0, 0.05) is 6.54 Å². The van der Waals surface area contributed by atoms with Crippen LogP contribution < -0.4 is 5.32 Å². The van der Waals surface area contributed by atoms with Gasteiger partial charge in [-0.3, -0.25) is 5.32 Å². The van der Waals surface area contributed by atoms with Crippen LogP contribution in [0.1, 0.15) is 37.1 Å². The standard InChI is InChI=1S/C14H19NO4/c1-8(2)7-19-14(18)13-10-4-3-9(16)5-11(10)12(17)6-15-13/h3-5,8,12-13,15-17H,6-7H2,1-2H3/t12-,13+/m1/s1. The highest BCUT2D eigenvalue weighted by molar-refractivity contribution is 5.78. The summed E-state index contributed by atoms with van der Waals surface area (Å²) >= 11 is 0. The zero-order valence-corrected chi connectivity index (χ0v) is 11.1. The van der Waals surface area contributed by atoms with Crippen molar-refractivity contribution >= 4 is 5.97 Å². The van der Waals surface area contributed by atoms with E-state index < -0.39 is 12.1 Å². The van der Waals surface area contributed by atoms with Crippen molar-refractivity contribution in [1.82, 2.24) is 5.32 Å². The van der Waals surface area contributed by atoms with Crippen LogP contribution in [0.3, 0.4) is 0 Å². The van der Waals surface area contributed by atoms with Gasteiger partial charge in [0.05, 0.1) is 12.7 Å². The molecular formula is C14H19NO4. The van der Waals surface area contributed by atoms with E-state index in [1.165, 1.54) is 12.1 Å². The number of carbonyl (C=O) groups is 1. The van der Waals surface area contributed by atoms with Gasteiger partial charge in [-0.25, -0.2) is 4.79 Å². The fourth-order valence-corrected chi connectivity index (χ4v) is 2.11. The molecular weight excluding hydrogens is 246 g/mol. The minimum absolute atomic E-state index is 0.0778. The van der Waals surface area contributed by atoms with E-state index in [1.807, 2.05) is 13.8 Å². The molecule has 5 heteroatoms. The van der Waals surface area contributed by atoms with Crippen molar-refractivity contribution in [3.8, 4) is 5.75 Å². The topological polar surface area (TPSA) is 78.8 Å². The van der Waals surface area contributed by atoms with E-state index >= 15 is 0 Å². The summed E-state index contributed by atoms with van der Waals surface area (Å²) < 4.78 is 5.22. The van der Waals surface area contributed by atoms with Crippen LogP contribution in [0.15, 0.2) is 18.2 Å². The molecule has 0 spiro atoms. The summed E-state index contributed by atoms with van der Waals surface area (Å²) in [6.07, 6.45) is -0.726. The lowest BCUT2D eigenvalue weighted by Crippen LogP contribution is -2.38. The minimum atomic E-state index is -0.726. The van der Waals surface area contributed by atoms with Gasteiger partial charge in [-0.1, -0.05) is 19.9 Å². The molecule has 2 rings (SSSR count). The number of aliphatic hydroxyl groups is 1. The van der Waals surface area contributed by atoms with Crippen molar-refractivity contribution in [2.75, 3.05) is 13.2 Å². The maximum absolute atomic E-state index is 12.0. The Labute approximate surface area is 112 Å². The van der Waals surface area contributed by atoms with Gasteiger partial charge in [0.1, 0.15) is 11.8 Å². The molecule has 3 N–H and O–H groups in total. The monoisotopic (exact) mass is 265 g/mol. The molecule has 0 fully saturated rings. The number of phenolic OH excluding ortho intramolecular Hbond substituents is 1. The molecule has 0 radical (unpaired) electrons. The molecule has 0 aliphatic carbocycles. The molecule has 0 bridgehead atoms. The van der Waals surface area contributed by atoms with Crippen LogP contribution in [-0.2, 0) is 9.53 Å². The number of aliphatic hydroxyl groups excluding tert-OH is 1. The molecule has 2 atom stereocenters. The number of hydrogen-bond acceptors (Lipinski definition) is 5. The van der Waals surface area contributed by atoms with Crippen LogP contribution in [0.2, 0.25) is 0 Å². The first-order valence-corrected chi connectivity index (χ1v) is 6.40. The molecule has 0 saturated carbocycles. The number of aromatic hydroxyl groups is 1. The van der Waals surface area contributed by atoms with E-state index in [4.69, 9.17) is 4.74 Å². The lowest BCUT2D eigenvalue weighted by atomic mass is 9.92. The molecule has 1 aromatic rings. The largest absolute Gasteiger partial charge is 0.508 e. The Morgan fingerprint density at radius 1 is 1.47 bits per heavy atom. The van der Waals surface area contributed by atoms with Crippen molar-refractivity contribution in [2.24, 2.45) is 5.92 Å². The average Bonchev–Trinajstić information content (AvgIpc) is 2.37. The van der Waals surface area contributed by atoms with Gasteiger partial charge < -0.3 is 14.9 Å². The van der Waals surface area contributed by atoms with Crippen molar-refractivity contribution < 1.29 is 19.7 Å². The molecule has 1 heterocycles. The smallest absolute Gasteiger partial charge is 0.327 e. The van der Waals surface area contributed by atoms with Crippen LogP contribution in [0.5, 0.6) is 5.75 Å². The average molecular weight is 265 g/mol. The van der Waals surface area contributed by atoms with Gasteiger partial charge in [0.25, 0.3) is 0 Å². The molecule has 5 nitrogen and oxygen atoms in total. The number of β-amino-alcohol motifs (C(OH)–C–C–N with tert-alkyl or cyclic N) is 1. The van der Waals surface area contributed by atoms with Crippen LogP contribution >= 0.6 is 0 Å². The summed E-state index contributed by atoms with van der Waals surface area (Å²) in [4.78, 5) is 12.0. The third-order valence-corrected chi connectivity index (χ3v) is 3.05. The molecule has 1 aliphatic rings. The first-order chi connectivity index (χ1) is 8.99. The Balaban J connectivity index is 2.21. The summed E-state index contributed by atoms with van der Waals surface area (Å²) in [5, 5.41) is 22.3. The zero-order chi connectivity index (χ0) is 14.0.